The summed E-state index contributed by atoms with van der Waals surface area (Å²) in [5.74, 6) is 0.984. The van der Waals surface area contributed by atoms with Crippen LogP contribution in [0.4, 0.5) is 5.82 Å². The second-order valence-corrected chi connectivity index (χ2v) is 6.73. The summed E-state index contributed by atoms with van der Waals surface area (Å²) in [5.41, 5.74) is 0.640. The zero-order valence-electron chi connectivity index (χ0n) is 15.0. The molecule has 2 aromatic rings. The average Bonchev–Trinajstić information content (AvgIpc) is 2.69. The van der Waals surface area contributed by atoms with Crippen molar-refractivity contribution in [3.05, 3.63) is 54.0 Å². The number of nitrogens with one attached hydrogen (secondary N) is 1. The average molecular weight is 358 g/mol. The molecule has 0 radical (unpaired) electrons. The fourth-order valence-corrected chi connectivity index (χ4v) is 3.34. The van der Waals surface area contributed by atoms with Crippen molar-refractivity contribution in [3.63, 3.8) is 0 Å². The number of hydrogen-bond acceptors (Lipinski definition) is 7. The first-order chi connectivity index (χ1) is 12.7. The van der Waals surface area contributed by atoms with Crippen LogP contribution >= 0.6 is 0 Å². The van der Waals surface area contributed by atoms with Crippen molar-refractivity contribution in [2.24, 2.45) is 0 Å². The highest BCUT2D eigenvalue weighted by Crippen LogP contribution is 2.27. The number of aromatic nitrogens is 2. The molecular weight excluding hydrogens is 332 g/mol. The lowest BCUT2D eigenvalue weighted by Gasteiger charge is -2.49. The van der Waals surface area contributed by atoms with Crippen molar-refractivity contribution >= 4 is 5.82 Å². The topological polar surface area (TPSA) is 90.7 Å². The van der Waals surface area contributed by atoms with Gasteiger partial charge in [0.2, 0.25) is 0 Å². The highest BCUT2D eigenvalue weighted by Gasteiger charge is 2.42. The van der Waals surface area contributed by atoms with Gasteiger partial charge in [0.05, 0.1) is 25.4 Å². The quantitative estimate of drug-likeness (QED) is 0.681. The highest BCUT2D eigenvalue weighted by atomic mass is 16.5. The normalized spacial score (nSPS) is 23.7. The Bertz CT molecular complexity index is 700. The Kier molecular flexibility index (Phi) is 6.16. The van der Waals surface area contributed by atoms with E-state index in [4.69, 9.17) is 4.74 Å². The molecule has 26 heavy (non-hydrogen) atoms. The molecule has 0 bridgehead atoms. The number of aliphatic hydroxyl groups excluding tert-OH is 2. The van der Waals surface area contributed by atoms with E-state index in [0.29, 0.717) is 31.4 Å². The monoisotopic (exact) mass is 358 g/mol. The number of nitrogens with zero attached hydrogens (tertiary/aromatic N) is 3. The number of ether oxygens (including phenoxy) is 1. The van der Waals surface area contributed by atoms with Gasteiger partial charge in [0.1, 0.15) is 12.4 Å². The Morgan fingerprint density at radius 3 is 2.81 bits per heavy atom. The number of rotatable bonds is 7. The lowest BCUT2D eigenvalue weighted by atomic mass is 9.94. The third kappa shape index (κ3) is 4.19. The fourth-order valence-electron chi connectivity index (χ4n) is 3.34. The van der Waals surface area contributed by atoms with Gasteiger partial charge in [0, 0.05) is 25.3 Å². The summed E-state index contributed by atoms with van der Waals surface area (Å²) in [6.45, 7) is 4.15. The van der Waals surface area contributed by atoms with Gasteiger partial charge in [-0.3, -0.25) is 4.90 Å². The lowest BCUT2D eigenvalue weighted by Crippen LogP contribution is -2.65. The van der Waals surface area contributed by atoms with Gasteiger partial charge >= 0.3 is 0 Å². The van der Waals surface area contributed by atoms with Crippen LogP contribution in [-0.2, 0) is 17.9 Å². The smallest absolute Gasteiger partial charge is 0.156 e. The molecule has 1 aliphatic heterocycles. The third-order valence-corrected chi connectivity index (χ3v) is 4.81. The van der Waals surface area contributed by atoms with Crippen LogP contribution in [0, 0.1) is 0 Å². The Morgan fingerprint density at radius 2 is 2.08 bits per heavy atom. The van der Waals surface area contributed by atoms with Gasteiger partial charge in [-0.05, 0) is 18.6 Å². The van der Waals surface area contributed by atoms with E-state index in [1.807, 2.05) is 18.2 Å². The van der Waals surface area contributed by atoms with Crippen LogP contribution in [0.15, 0.2) is 42.6 Å². The lowest BCUT2D eigenvalue weighted by molar-refractivity contribution is -0.117. The summed E-state index contributed by atoms with van der Waals surface area (Å²) in [7, 11) is 0. The molecule has 0 unspecified atom stereocenters. The van der Waals surface area contributed by atoms with Crippen molar-refractivity contribution in [1.82, 2.24) is 14.9 Å². The molecule has 2 heterocycles. The predicted molar refractivity (Wildman–Crippen MR) is 98.5 cm³/mol. The molecule has 3 N–H and O–H groups in total. The second kappa shape index (κ2) is 8.55. The minimum absolute atomic E-state index is 0.0326. The molecule has 1 saturated heterocycles. The first kappa shape index (κ1) is 18.7. The number of hydrogen-bond donors (Lipinski definition) is 3. The van der Waals surface area contributed by atoms with Crippen molar-refractivity contribution in [3.8, 4) is 0 Å². The van der Waals surface area contributed by atoms with E-state index in [9.17, 15) is 10.2 Å². The van der Waals surface area contributed by atoms with Crippen LogP contribution < -0.4 is 5.32 Å². The molecule has 3 rings (SSSR count). The van der Waals surface area contributed by atoms with Gasteiger partial charge in [0.15, 0.2) is 5.82 Å². The standard InChI is InChI=1S/C19H26N4O3/c1-15-11-26-14-19(13-25,23(15)9-16-5-3-2-4-6-16)12-21-17-7-8-20-18(10-24)22-17/h2-8,15,24-25H,9-14H2,1H3,(H,20,21,22)/t15-,19+/m1/s1. The van der Waals surface area contributed by atoms with Gasteiger partial charge in [-0.1, -0.05) is 30.3 Å². The molecule has 0 aliphatic carbocycles. The molecule has 7 heteroatoms. The largest absolute Gasteiger partial charge is 0.394 e. The predicted octanol–water partition coefficient (Wildman–Crippen LogP) is 1.03. The first-order valence-corrected chi connectivity index (χ1v) is 8.83. The molecule has 0 amide bonds. The van der Waals surface area contributed by atoms with E-state index in [0.717, 1.165) is 6.54 Å². The van der Waals surface area contributed by atoms with Crippen LogP contribution in [0.1, 0.15) is 18.3 Å². The summed E-state index contributed by atoms with van der Waals surface area (Å²) in [6, 6.07) is 12.2. The zero-order chi connectivity index (χ0) is 18.4. The van der Waals surface area contributed by atoms with Crippen molar-refractivity contribution in [2.75, 3.05) is 31.7 Å². The van der Waals surface area contributed by atoms with Gasteiger partial charge in [0.25, 0.3) is 0 Å². The Hall–Kier alpha value is -2.06. The van der Waals surface area contributed by atoms with Gasteiger partial charge in [-0.2, -0.15) is 0 Å². The molecule has 1 aliphatic rings. The van der Waals surface area contributed by atoms with Gasteiger partial charge < -0.3 is 20.3 Å². The zero-order valence-corrected chi connectivity index (χ0v) is 15.0. The van der Waals surface area contributed by atoms with E-state index < -0.39 is 5.54 Å². The molecule has 0 spiro atoms. The first-order valence-electron chi connectivity index (χ1n) is 8.83. The number of benzene rings is 1. The maximum Gasteiger partial charge on any atom is 0.156 e. The van der Waals surface area contributed by atoms with Crippen molar-refractivity contribution in [1.29, 1.82) is 0 Å². The van der Waals surface area contributed by atoms with Crippen LogP contribution in [0.25, 0.3) is 0 Å². The van der Waals surface area contributed by atoms with E-state index in [1.54, 1.807) is 12.3 Å². The van der Waals surface area contributed by atoms with Crippen molar-refractivity contribution < 1.29 is 14.9 Å². The van der Waals surface area contributed by atoms with E-state index in [2.05, 4.69) is 39.2 Å². The number of anilines is 1. The van der Waals surface area contributed by atoms with E-state index >= 15 is 0 Å². The summed E-state index contributed by atoms with van der Waals surface area (Å²) in [6.07, 6.45) is 1.61. The molecule has 0 saturated carbocycles. The Morgan fingerprint density at radius 1 is 1.27 bits per heavy atom. The van der Waals surface area contributed by atoms with Crippen LogP contribution in [0.3, 0.4) is 0 Å². The summed E-state index contributed by atoms with van der Waals surface area (Å²) < 4.78 is 5.78. The van der Waals surface area contributed by atoms with Crippen molar-refractivity contribution in [2.45, 2.75) is 31.7 Å². The molecular formula is C19H26N4O3. The SMILES string of the molecule is C[C@@H]1COC[C@@](CO)(CNc2ccnc(CO)n2)N1Cc1ccccc1. The minimum atomic E-state index is -0.558. The molecule has 1 aromatic heterocycles. The highest BCUT2D eigenvalue weighted by molar-refractivity contribution is 5.34. The maximum absolute atomic E-state index is 10.3. The van der Waals surface area contributed by atoms with Gasteiger partial charge in [-0.25, -0.2) is 9.97 Å². The molecule has 1 aromatic carbocycles. The van der Waals surface area contributed by atoms with Crippen LogP contribution in [-0.4, -0.2) is 63.0 Å². The molecule has 140 valence electrons. The molecule has 2 atom stereocenters. The summed E-state index contributed by atoms with van der Waals surface area (Å²) >= 11 is 0. The van der Waals surface area contributed by atoms with E-state index in [1.165, 1.54) is 5.56 Å². The minimum Gasteiger partial charge on any atom is -0.394 e. The Labute approximate surface area is 153 Å². The van der Waals surface area contributed by atoms with E-state index in [-0.39, 0.29) is 19.3 Å². The number of aliphatic hydroxyl groups is 2. The fraction of sp³-hybridized carbons (Fsp3) is 0.474. The third-order valence-electron chi connectivity index (χ3n) is 4.81. The van der Waals surface area contributed by atoms with Gasteiger partial charge in [-0.15, -0.1) is 0 Å². The maximum atomic E-state index is 10.3. The van der Waals surface area contributed by atoms with Crippen LogP contribution in [0.5, 0.6) is 0 Å². The summed E-state index contributed by atoms with van der Waals surface area (Å²) in [5, 5.41) is 22.7. The summed E-state index contributed by atoms with van der Waals surface area (Å²) in [4.78, 5) is 10.5. The molecule has 7 nitrogen and oxygen atoms in total. The van der Waals surface area contributed by atoms with Crippen LogP contribution in [0.2, 0.25) is 0 Å². The second-order valence-electron chi connectivity index (χ2n) is 6.73. The Balaban J connectivity index is 1.78. The molecule has 1 fully saturated rings. The number of morpholine rings is 1.